The number of ether oxygens (including phenoxy) is 1. The summed E-state index contributed by atoms with van der Waals surface area (Å²) in [6.45, 7) is 6.54. The molecular weight excluding hydrogens is 381 g/mol. The van der Waals surface area contributed by atoms with E-state index in [9.17, 15) is 9.18 Å². The Bertz CT molecular complexity index is 985. The lowest BCUT2D eigenvalue weighted by Crippen LogP contribution is -2.14. The number of benzene rings is 1. The fourth-order valence-corrected chi connectivity index (χ4v) is 4.07. The van der Waals surface area contributed by atoms with Gasteiger partial charge in [0.15, 0.2) is 5.78 Å². The summed E-state index contributed by atoms with van der Waals surface area (Å²) in [7, 11) is 1.66. The summed E-state index contributed by atoms with van der Waals surface area (Å²) in [5.74, 6) is -0.209. The largest absolute Gasteiger partial charge is 0.383 e. The maximum atomic E-state index is 13.5. The second kappa shape index (κ2) is 8.66. The summed E-state index contributed by atoms with van der Waals surface area (Å²) in [5.41, 5.74) is 3.11. The first kappa shape index (κ1) is 20.2. The number of thioether (sulfide) groups is 1. The Balaban J connectivity index is 1.76. The van der Waals surface area contributed by atoms with Gasteiger partial charge >= 0.3 is 0 Å². The van der Waals surface area contributed by atoms with E-state index in [4.69, 9.17) is 4.74 Å². The number of hydrogen-bond donors (Lipinski definition) is 0. The van der Waals surface area contributed by atoms with E-state index in [1.807, 2.05) is 19.9 Å². The molecule has 0 bridgehead atoms. The van der Waals surface area contributed by atoms with Crippen molar-refractivity contribution in [2.75, 3.05) is 19.5 Å². The number of carbonyl (C=O) groups is 1. The molecule has 1 atom stereocenters. The van der Waals surface area contributed by atoms with Crippen molar-refractivity contribution in [1.29, 1.82) is 0 Å². The molecule has 0 saturated carbocycles. The highest BCUT2D eigenvalue weighted by molar-refractivity contribution is 7.99. The molecule has 0 radical (unpaired) electrons. The fourth-order valence-electron chi connectivity index (χ4n) is 3.30. The standard InChI is InChI=1S/C19H22FN5O2S/c1-12-8-17(14(3)24(12)13(2)10-27-4)18(26)11-28-19-21-22-23-25(19)16-7-5-6-15(20)9-16/h5-9,13H,10-11H2,1-4H3/t13-/m1/s1. The molecule has 1 aromatic carbocycles. The molecule has 0 fully saturated rings. The highest BCUT2D eigenvalue weighted by Gasteiger charge is 2.20. The van der Waals surface area contributed by atoms with Gasteiger partial charge in [-0.25, -0.2) is 4.39 Å². The van der Waals surface area contributed by atoms with Gasteiger partial charge in [0.05, 0.1) is 24.1 Å². The Hall–Kier alpha value is -2.52. The van der Waals surface area contributed by atoms with E-state index < -0.39 is 0 Å². The number of tetrazole rings is 1. The van der Waals surface area contributed by atoms with Gasteiger partial charge in [-0.05, 0) is 55.5 Å². The molecular formula is C19H22FN5O2S. The van der Waals surface area contributed by atoms with Crippen LogP contribution in [0.5, 0.6) is 0 Å². The van der Waals surface area contributed by atoms with Crippen LogP contribution in [0.3, 0.4) is 0 Å². The highest BCUT2D eigenvalue weighted by Crippen LogP contribution is 2.24. The van der Waals surface area contributed by atoms with Crippen molar-refractivity contribution in [2.45, 2.75) is 32.0 Å². The van der Waals surface area contributed by atoms with Crippen molar-refractivity contribution in [2.24, 2.45) is 0 Å². The molecule has 0 aliphatic rings. The number of nitrogens with zero attached hydrogens (tertiary/aromatic N) is 5. The molecule has 2 heterocycles. The molecule has 28 heavy (non-hydrogen) atoms. The van der Waals surface area contributed by atoms with E-state index in [0.717, 1.165) is 11.4 Å². The first-order valence-electron chi connectivity index (χ1n) is 8.80. The number of carbonyl (C=O) groups excluding carboxylic acids is 1. The minimum atomic E-state index is -0.377. The van der Waals surface area contributed by atoms with Gasteiger partial charge in [-0.2, -0.15) is 4.68 Å². The smallest absolute Gasteiger partial charge is 0.214 e. The van der Waals surface area contributed by atoms with E-state index in [0.29, 0.717) is 23.0 Å². The zero-order chi connectivity index (χ0) is 20.3. The molecule has 0 N–H and O–H groups in total. The number of ketones is 1. The molecule has 0 aliphatic heterocycles. The third-order valence-corrected chi connectivity index (χ3v) is 5.38. The number of rotatable bonds is 8. The monoisotopic (exact) mass is 403 g/mol. The molecule has 0 amide bonds. The molecule has 0 aliphatic carbocycles. The number of methoxy groups -OCH3 is 1. The summed E-state index contributed by atoms with van der Waals surface area (Å²) < 4.78 is 22.2. The Kier molecular flexibility index (Phi) is 6.25. The maximum Gasteiger partial charge on any atom is 0.214 e. The van der Waals surface area contributed by atoms with Crippen molar-refractivity contribution in [3.05, 3.63) is 53.1 Å². The second-order valence-corrected chi connectivity index (χ2v) is 7.47. The summed E-state index contributed by atoms with van der Waals surface area (Å²) in [5, 5.41) is 11.9. The van der Waals surface area contributed by atoms with Gasteiger partial charge in [0.25, 0.3) is 0 Å². The van der Waals surface area contributed by atoms with Crippen molar-refractivity contribution >= 4 is 17.5 Å². The number of halogens is 1. The van der Waals surface area contributed by atoms with Crippen LogP contribution >= 0.6 is 11.8 Å². The van der Waals surface area contributed by atoms with Crippen LogP contribution in [0.2, 0.25) is 0 Å². The molecule has 3 rings (SSSR count). The Labute approximate surface area is 166 Å². The van der Waals surface area contributed by atoms with Gasteiger partial charge in [0, 0.05) is 24.1 Å². The fraction of sp³-hybridized carbons (Fsp3) is 0.368. The molecule has 3 aromatic rings. The minimum Gasteiger partial charge on any atom is -0.383 e. The number of Topliss-reactive ketones (excluding diaryl/α,β-unsaturated/α-hetero) is 1. The summed E-state index contributed by atoms with van der Waals surface area (Å²) in [6.07, 6.45) is 0. The lowest BCUT2D eigenvalue weighted by atomic mass is 10.2. The molecule has 0 saturated heterocycles. The van der Waals surface area contributed by atoms with Crippen LogP contribution in [0.25, 0.3) is 5.69 Å². The second-order valence-electron chi connectivity index (χ2n) is 6.52. The van der Waals surface area contributed by atoms with Crippen LogP contribution in [0.1, 0.15) is 34.7 Å². The van der Waals surface area contributed by atoms with Crippen LogP contribution in [-0.4, -0.2) is 50.0 Å². The molecule has 0 spiro atoms. The van der Waals surface area contributed by atoms with Crippen LogP contribution in [-0.2, 0) is 4.74 Å². The van der Waals surface area contributed by atoms with E-state index in [1.54, 1.807) is 19.2 Å². The summed E-state index contributed by atoms with van der Waals surface area (Å²) in [4.78, 5) is 12.8. The molecule has 9 heteroatoms. The highest BCUT2D eigenvalue weighted by atomic mass is 32.2. The van der Waals surface area contributed by atoms with E-state index in [2.05, 4.69) is 27.0 Å². The molecule has 7 nitrogen and oxygen atoms in total. The third kappa shape index (κ3) is 4.15. The topological polar surface area (TPSA) is 74.8 Å². The van der Waals surface area contributed by atoms with Gasteiger partial charge in [-0.15, -0.1) is 5.10 Å². The lowest BCUT2D eigenvalue weighted by molar-refractivity contribution is 0.102. The lowest BCUT2D eigenvalue weighted by Gasteiger charge is -2.17. The normalized spacial score (nSPS) is 12.3. The van der Waals surface area contributed by atoms with Crippen molar-refractivity contribution in [1.82, 2.24) is 24.8 Å². The number of hydrogen-bond acceptors (Lipinski definition) is 6. The molecule has 2 aromatic heterocycles. The molecule has 0 unspecified atom stereocenters. The van der Waals surface area contributed by atoms with Crippen LogP contribution < -0.4 is 0 Å². The average Bonchev–Trinajstić information content (AvgIpc) is 3.24. The first-order chi connectivity index (χ1) is 13.4. The van der Waals surface area contributed by atoms with Crippen molar-refractivity contribution < 1.29 is 13.9 Å². The van der Waals surface area contributed by atoms with Gasteiger partial charge in [0.2, 0.25) is 5.16 Å². The Morgan fingerprint density at radius 1 is 1.32 bits per heavy atom. The van der Waals surface area contributed by atoms with E-state index in [1.165, 1.54) is 28.6 Å². The van der Waals surface area contributed by atoms with Gasteiger partial charge in [-0.3, -0.25) is 4.79 Å². The first-order valence-corrected chi connectivity index (χ1v) is 9.78. The van der Waals surface area contributed by atoms with E-state index >= 15 is 0 Å². The minimum absolute atomic E-state index is 0.0113. The number of aromatic nitrogens is 5. The zero-order valence-electron chi connectivity index (χ0n) is 16.2. The van der Waals surface area contributed by atoms with Gasteiger partial charge in [-0.1, -0.05) is 17.8 Å². The predicted octanol–water partition coefficient (Wildman–Crippen LogP) is 3.40. The average molecular weight is 403 g/mol. The predicted molar refractivity (Wildman–Crippen MR) is 105 cm³/mol. The Morgan fingerprint density at radius 2 is 2.11 bits per heavy atom. The van der Waals surface area contributed by atoms with Gasteiger partial charge in [0.1, 0.15) is 5.82 Å². The summed E-state index contributed by atoms with van der Waals surface area (Å²) >= 11 is 1.22. The van der Waals surface area contributed by atoms with Crippen LogP contribution in [0.4, 0.5) is 4.39 Å². The van der Waals surface area contributed by atoms with Crippen molar-refractivity contribution in [3.8, 4) is 5.69 Å². The summed E-state index contributed by atoms with van der Waals surface area (Å²) in [6, 6.07) is 8.02. The SMILES string of the molecule is COC[C@@H](C)n1c(C)cc(C(=O)CSc2nnnn2-c2cccc(F)c2)c1C. The van der Waals surface area contributed by atoms with Crippen molar-refractivity contribution in [3.63, 3.8) is 0 Å². The van der Waals surface area contributed by atoms with Crippen LogP contribution in [0.15, 0.2) is 35.5 Å². The maximum absolute atomic E-state index is 13.5. The molecule has 148 valence electrons. The van der Waals surface area contributed by atoms with Crippen LogP contribution in [0, 0.1) is 19.7 Å². The quantitative estimate of drug-likeness (QED) is 0.424. The van der Waals surface area contributed by atoms with E-state index in [-0.39, 0.29) is 23.4 Å². The third-order valence-electron chi connectivity index (χ3n) is 4.46. The number of aryl methyl sites for hydroxylation is 1. The van der Waals surface area contributed by atoms with Gasteiger partial charge < -0.3 is 9.30 Å². The Morgan fingerprint density at radius 3 is 2.82 bits per heavy atom. The zero-order valence-corrected chi connectivity index (χ0v) is 17.0.